The van der Waals surface area contributed by atoms with Crippen molar-refractivity contribution in [3.8, 4) is 17.0 Å². The second-order valence-corrected chi connectivity index (χ2v) is 4.50. The van der Waals surface area contributed by atoms with E-state index in [1.54, 1.807) is 7.11 Å². The van der Waals surface area contributed by atoms with Crippen LogP contribution in [0.15, 0.2) is 48.5 Å². The predicted octanol–water partition coefficient (Wildman–Crippen LogP) is 4.15. The monoisotopic (exact) mass is 237 g/mol. The second kappa shape index (κ2) is 4.22. The summed E-state index contributed by atoms with van der Waals surface area (Å²) in [7, 11) is 1.69. The molecule has 0 radical (unpaired) electrons. The molecule has 0 bridgehead atoms. The summed E-state index contributed by atoms with van der Waals surface area (Å²) in [4.78, 5) is 3.43. The second-order valence-electron chi connectivity index (χ2n) is 4.50. The van der Waals surface area contributed by atoms with Gasteiger partial charge in [-0.2, -0.15) is 0 Å². The summed E-state index contributed by atoms with van der Waals surface area (Å²) in [5, 5.41) is 1.17. The number of benzene rings is 2. The molecule has 18 heavy (non-hydrogen) atoms. The molecule has 0 spiro atoms. The van der Waals surface area contributed by atoms with Crippen molar-refractivity contribution < 1.29 is 4.74 Å². The van der Waals surface area contributed by atoms with Gasteiger partial charge in [0.05, 0.1) is 7.11 Å². The molecule has 0 saturated carbocycles. The lowest BCUT2D eigenvalue weighted by molar-refractivity contribution is 0.415. The highest BCUT2D eigenvalue weighted by molar-refractivity contribution is 5.87. The summed E-state index contributed by atoms with van der Waals surface area (Å²) in [6.07, 6.45) is 0. The molecule has 1 N–H and O–H groups in total. The molecule has 2 heteroatoms. The van der Waals surface area contributed by atoms with Crippen LogP contribution in [-0.2, 0) is 0 Å². The van der Waals surface area contributed by atoms with Crippen molar-refractivity contribution in [2.45, 2.75) is 6.92 Å². The third-order valence-electron chi connectivity index (χ3n) is 3.19. The highest BCUT2D eigenvalue weighted by Gasteiger charge is 2.04. The van der Waals surface area contributed by atoms with Crippen molar-refractivity contribution in [2.75, 3.05) is 7.11 Å². The lowest BCUT2D eigenvalue weighted by Crippen LogP contribution is -1.80. The average molecular weight is 237 g/mol. The molecule has 0 aliphatic carbocycles. The molecule has 1 aromatic heterocycles. The number of ether oxygens (including phenoxy) is 1. The fourth-order valence-electron chi connectivity index (χ4n) is 2.13. The van der Waals surface area contributed by atoms with Gasteiger partial charge in [-0.05, 0) is 36.8 Å². The molecule has 0 aliphatic heterocycles. The van der Waals surface area contributed by atoms with E-state index in [1.807, 2.05) is 18.2 Å². The Kier molecular flexibility index (Phi) is 2.56. The van der Waals surface area contributed by atoms with Crippen LogP contribution >= 0.6 is 0 Å². The van der Waals surface area contributed by atoms with Gasteiger partial charge >= 0.3 is 0 Å². The number of H-pyrrole nitrogens is 1. The zero-order valence-electron chi connectivity index (χ0n) is 10.5. The van der Waals surface area contributed by atoms with Gasteiger partial charge in [0, 0.05) is 16.6 Å². The van der Waals surface area contributed by atoms with Crippen LogP contribution in [0.25, 0.3) is 22.2 Å². The Hall–Kier alpha value is -2.22. The molecule has 0 aliphatic rings. The van der Waals surface area contributed by atoms with Crippen LogP contribution < -0.4 is 4.74 Å². The van der Waals surface area contributed by atoms with Gasteiger partial charge in [0.25, 0.3) is 0 Å². The van der Waals surface area contributed by atoms with E-state index in [2.05, 4.69) is 42.2 Å². The Morgan fingerprint density at radius 3 is 2.44 bits per heavy atom. The first kappa shape index (κ1) is 10.9. The van der Waals surface area contributed by atoms with E-state index < -0.39 is 0 Å². The Bertz CT molecular complexity index is 680. The zero-order chi connectivity index (χ0) is 12.5. The topological polar surface area (TPSA) is 25.0 Å². The molecular weight excluding hydrogens is 222 g/mol. The van der Waals surface area contributed by atoms with Crippen LogP contribution in [-0.4, -0.2) is 12.1 Å². The van der Waals surface area contributed by atoms with E-state index in [1.165, 1.54) is 16.5 Å². The SMILES string of the molecule is COc1ccc2[nH]c(-c3ccc(C)cc3)cc2c1. The molecule has 0 unspecified atom stereocenters. The molecule has 3 rings (SSSR count). The lowest BCUT2D eigenvalue weighted by Gasteiger charge is -1.98. The molecule has 0 amide bonds. The molecular formula is C16H15NO. The van der Waals surface area contributed by atoms with Crippen molar-refractivity contribution >= 4 is 10.9 Å². The molecule has 2 aromatic carbocycles. The summed E-state index contributed by atoms with van der Waals surface area (Å²) >= 11 is 0. The average Bonchev–Trinajstić information content (AvgIpc) is 2.82. The number of hydrogen-bond donors (Lipinski definition) is 1. The Morgan fingerprint density at radius 1 is 0.944 bits per heavy atom. The highest BCUT2D eigenvalue weighted by atomic mass is 16.5. The summed E-state index contributed by atoms with van der Waals surface area (Å²) in [6.45, 7) is 2.10. The van der Waals surface area contributed by atoms with Gasteiger partial charge < -0.3 is 9.72 Å². The van der Waals surface area contributed by atoms with E-state index in [-0.39, 0.29) is 0 Å². The number of aryl methyl sites for hydroxylation is 1. The zero-order valence-corrected chi connectivity index (χ0v) is 10.5. The van der Waals surface area contributed by atoms with Crippen molar-refractivity contribution in [3.63, 3.8) is 0 Å². The normalized spacial score (nSPS) is 10.8. The first-order valence-electron chi connectivity index (χ1n) is 6.00. The van der Waals surface area contributed by atoms with Crippen LogP contribution in [0.5, 0.6) is 5.75 Å². The molecule has 3 aromatic rings. The van der Waals surface area contributed by atoms with Crippen LogP contribution in [0.4, 0.5) is 0 Å². The van der Waals surface area contributed by atoms with E-state index >= 15 is 0 Å². The molecule has 2 nitrogen and oxygen atoms in total. The number of fused-ring (bicyclic) bond motifs is 1. The summed E-state index contributed by atoms with van der Waals surface area (Å²) in [5.41, 5.74) is 4.75. The molecule has 1 heterocycles. The number of aromatic nitrogens is 1. The summed E-state index contributed by atoms with van der Waals surface area (Å²) < 4.78 is 5.24. The van der Waals surface area contributed by atoms with Crippen molar-refractivity contribution in [2.24, 2.45) is 0 Å². The summed E-state index contributed by atoms with van der Waals surface area (Å²) in [6, 6.07) is 16.7. The van der Waals surface area contributed by atoms with Gasteiger partial charge in [-0.3, -0.25) is 0 Å². The molecule has 0 saturated heterocycles. The molecule has 90 valence electrons. The quantitative estimate of drug-likeness (QED) is 0.711. The first-order valence-corrected chi connectivity index (χ1v) is 6.00. The van der Waals surface area contributed by atoms with E-state index in [0.29, 0.717) is 0 Å². The number of nitrogens with one attached hydrogen (secondary N) is 1. The van der Waals surface area contributed by atoms with Crippen LogP contribution in [0, 0.1) is 6.92 Å². The fourth-order valence-corrected chi connectivity index (χ4v) is 2.13. The Morgan fingerprint density at radius 2 is 1.72 bits per heavy atom. The van der Waals surface area contributed by atoms with Crippen molar-refractivity contribution in [3.05, 3.63) is 54.1 Å². The molecule has 0 fully saturated rings. The third kappa shape index (κ3) is 1.86. The van der Waals surface area contributed by atoms with Crippen LogP contribution in [0.1, 0.15) is 5.56 Å². The van der Waals surface area contributed by atoms with Gasteiger partial charge in [-0.25, -0.2) is 0 Å². The van der Waals surface area contributed by atoms with E-state index in [4.69, 9.17) is 4.74 Å². The highest BCUT2D eigenvalue weighted by Crippen LogP contribution is 2.27. The lowest BCUT2D eigenvalue weighted by atomic mass is 10.1. The third-order valence-corrected chi connectivity index (χ3v) is 3.19. The predicted molar refractivity (Wildman–Crippen MR) is 75.0 cm³/mol. The maximum atomic E-state index is 5.24. The van der Waals surface area contributed by atoms with Gasteiger partial charge in [-0.1, -0.05) is 29.8 Å². The van der Waals surface area contributed by atoms with E-state index in [0.717, 1.165) is 17.0 Å². The van der Waals surface area contributed by atoms with Crippen molar-refractivity contribution in [1.29, 1.82) is 0 Å². The number of hydrogen-bond acceptors (Lipinski definition) is 1. The fraction of sp³-hybridized carbons (Fsp3) is 0.125. The maximum Gasteiger partial charge on any atom is 0.119 e. The minimum atomic E-state index is 0.886. The minimum Gasteiger partial charge on any atom is -0.497 e. The largest absolute Gasteiger partial charge is 0.497 e. The van der Waals surface area contributed by atoms with Crippen molar-refractivity contribution in [1.82, 2.24) is 4.98 Å². The summed E-state index contributed by atoms with van der Waals surface area (Å²) in [5.74, 6) is 0.886. The number of rotatable bonds is 2. The standard InChI is InChI=1S/C16H15NO/c1-11-3-5-12(6-4-11)16-10-13-9-14(18-2)7-8-15(13)17-16/h3-10,17H,1-2H3. The first-order chi connectivity index (χ1) is 8.76. The van der Waals surface area contributed by atoms with E-state index in [9.17, 15) is 0 Å². The number of aromatic amines is 1. The number of methoxy groups -OCH3 is 1. The minimum absolute atomic E-state index is 0.886. The van der Waals surface area contributed by atoms with Gasteiger partial charge in [0.2, 0.25) is 0 Å². The van der Waals surface area contributed by atoms with Crippen LogP contribution in [0.2, 0.25) is 0 Å². The van der Waals surface area contributed by atoms with Gasteiger partial charge in [0.1, 0.15) is 5.75 Å². The Balaban J connectivity index is 2.10. The molecule has 0 atom stereocenters. The van der Waals surface area contributed by atoms with Crippen LogP contribution in [0.3, 0.4) is 0 Å². The maximum absolute atomic E-state index is 5.24. The smallest absolute Gasteiger partial charge is 0.119 e. The van der Waals surface area contributed by atoms with Gasteiger partial charge in [0.15, 0.2) is 0 Å². The Labute approximate surface area is 106 Å². The van der Waals surface area contributed by atoms with Gasteiger partial charge in [-0.15, -0.1) is 0 Å².